The Morgan fingerprint density at radius 2 is 0.949 bits per heavy atom. The SMILES string of the molecule is C1=C(c2ccc(-n3c4ccccc4c4cc(-c5ccc6c(c5)c5c7ccccc7ccc5n6-c5ccccc5)ccc43)cc2)N=C(c2ccccc2)c2ccccc2C1. The van der Waals surface area contributed by atoms with Gasteiger partial charge in [-0.3, -0.25) is 0 Å². The molecular weight excluding hydrogens is 715 g/mol. The van der Waals surface area contributed by atoms with Gasteiger partial charge in [-0.25, -0.2) is 4.99 Å². The first kappa shape index (κ1) is 33.4. The van der Waals surface area contributed by atoms with Crippen molar-refractivity contribution in [1.82, 2.24) is 9.13 Å². The lowest BCUT2D eigenvalue weighted by Gasteiger charge is -2.11. The summed E-state index contributed by atoms with van der Waals surface area (Å²) >= 11 is 0. The van der Waals surface area contributed by atoms with Gasteiger partial charge in [-0.2, -0.15) is 0 Å². The van der Waals surface area contributed by atoms with Gasteiger partial charge in [0.2, 0.25) is 0 Å². The summed E-state index contributed by atoms with van der Waals surface area (Å²) in [6.45, 7) is 0. The number of nitrogens with zero attached hydrogens (tertiary/aromatic N) is 3. The van der Waals surface area contributed by atoms with Crippen LogP contribution in [0.5, 0.6) is 0 Å². The van der Waals surface area contributed by atoms with E-state index in [9.17, 15) is 0 Å². The molecule has 1 aliphatic rings. The van der Waals surface area contributed by atoms with E-state index in [2.05, 4.69) is 221 Å². The third-order valence-corrected chi connectivity index (χ3v) is 12.2. The lowest BCUT2D eigenvalue weighted by molar-refractivity contribution is 1.18. The molecule has 0 radical (unpaired) electrons. The van der Waals surface area contributed by atoms with Crippen LogP contribution in [0.1, 0.15) is 22.3 Å². The Hall–Kier alpha value is -7.75. The Kier molecular flexibility index (Phi) is 7.60. The maximum absolute atomic E-state index is 5.32. The topological polar surface area (TPSA) is 22.2 Å². The van der Waals surface area contributed by atoms with Gasteiger partial charge in [-0.05, 0) is 100 Å². The van der Waals surface area contributed by atoms with Crippen molar-refractivity contribution in [1.29, 1.82) is 0 Å². The molecule has 0 fully saturated rings. The molecule has 276 valence electrons. The first-order valence-electron chi connectivity index (χ1n) is 20.4. The summed E-state index contributed by atoms with van der Waals surface area (Å²) in [5.74, 6) is 0. The lowest BCUT2D eigenvalue weighted by atomic mass is 9.96. The Bertz CT molecular complexity index is 3490. The first-order valence-corrected chi connectivity index (χ1v) is 20.4. The summed E-state index contributed by atoms with van der Waals surface area (Å²) in [4.78, 5) is 5.32. The van der Waals surface area contributed by atoms with E-state index >= 15 is 0 Å². The van der Waals surface area contributed by atoms with Crippen LogP contribution in [0.25, 0.3) is 82.6 Å². The fourth-order valence-electron chi connectivity index (χ4n) is 9.40. The molecule has 3 heterocycles. The molecule has 0 N–H and O–H groups in total. The van der Waals surface area contributed by atoms with Crippen LogP contribution in [0.2, 0.25) is 0 Å². The molecule has 0 bridgehead atoms. The Morgan fingerprint density at radius 1 is 0.373 bits per heavy atom. The minimum Gasteiger partial charge on any atom is -0.309 e. The van der Waals surface area contributed by atoms with Crippen LogP contribution in [0.3, 0.4) is 0 Å². The van der Waals surface area contributed by atoms with Gasteiger partial charge in [0.15, 0.2) is 0 Å². The highest BCUT2D eigenvalue weighted by Gasteiger charge is 2.19. The molecule has 11 aromatic rings. The molecule has 0 atom stereocenters. The normalized spacial score (nSPS) is 12.9. The molecule has 1 aliphatic heterocycles. The summed E-state index contributed by atoms with van der Waals surface area (Å²) in [7, 11) is 0. The third-order valence-electron chi connectivity index (χ3n) is 12.2. The van der Waals surface area contributed by atoms with Crippen LogP contribution >= 0.6 is 0 Å². The predicted octanol–water partition coefficient (Wildman–Crippen LogP) is 14.1. The summed E-state index contributed by atoms with van der Waals surface area (Å²) in [6.07, 6.45) is 3.10. The molecule has 0 spiro atoms. The number of hydrogen-bond acceptors (Lipinski definition) is 1. The van der Waals surface area contributed by atoms with E-state index in [1.807, 2.05) is 0 Å². The monoisotopic (exact) mass is 751 g/mol. The zero-order valence-electron chi connectivity index (χ0n) is 32.3. The van der Waals surface area contributed by atoms with Gasteiger partial charge in [-0.15, -0.1) is 0 Å². The van der Waals surface area contributed by atoms with E-state index in [1.54, 1.807) is 0 Å². The van der Waals surface area contributed by atoms with Crippen molar-refractivity contribution in [3.63, 3.8) is 0 Å². The van der Waals surface area contributed by atoms with E-state index in [1.165, 1.54) is 82.3 Å². The zero-order chi connectivity index (χ0) is 38.9. The largest absolute Gasteiger partial charge is 0.309 e. The van der Waals surface area contributed by atoms with Crippen LogP contribution in [0, 0.1) is 0 Å². The van der Waals surface area contributed by atoms with E-state index in [0.29, 0.717) is 0 Å². The van der Waals surface area contributed by atoms with Crippen molar-refractivity contribution >= 4 is 65.8 Å². The molecule has 59 heavy (non-hydrogen) atoms. The lowest BCUT2D eigenvalue weighted by Crippen LogP contribution is -2.05. The second-order valence-corrected chi connectivity index (χ2v) is 15.5. The summed E-state index contributed by atoms with van der Waals surface area (Å²) in [6, 6.07) is 74.8. The van der Waals surface area contributed by atoms with Gasteiger partial charge in [0.05, 0.1) is 33.5 Å². The zero-order valence-corrected chi connectivity index (χ0v) is 32.3. The molecular formula is C56H37N3. The second-order valence-electron chi connectivity index (χ2n) is 15.5. The standard InChI is InChI=1S/C56H37N3/c1-3-15-40(16-4-1)56-46-20-10-8-14-38(46)25-31-50(57-56)39-23-29-44(30-24-39)58-51-22-12-11-21-47(51)48-35-41(27-32-52(48)58)42-28-33-53-49(36-42)55-45-19-9-7-13-37(45)26-34-54(55)59(53)43-17-5-2-6-18-43/h1-24,26-36H,25H2. The van der Waals surface area contributed by atoms with Crippen LogP contribution < -0.4 is 0 Å². The fraction of sp³-hybridized carbons (Fsp3) is 0.0179. The first-order chi connectivity index (χ1) is 29.3. The van der Waals surface area contributed by atoms with Gasteiger partial charge >= 0.3 is 0 Å². The Labute approximate surface area is 342 Å². The molecule has 9 aromatic carbocycles. The quantitative estimate of drug-likeness (QED) is 0.167. The highest BCUT2D eigenvalue weighted by molar-refractivity contribution is 6.22. The number of aromatic nitrogens is 2. The average Bonchev–Trinajstić information content (AvgIpc) is 3.74. The molecule has 0 saturated heterocycles. The summed E-state index contributed by atoms with van der Waals surface area (Å²) < 4.78 is 4.81. The van der Waals surface area contributed by atoms with Crippen molar-refractivity contribution in [2.24, 2.45) is 4.99 Å². The number of allylic oxidation sites excluding steroid dienone is 1. The molecule has 0 aliphatic carbocycles. The predicted molar refractivity (Wildman–Crippen MR) is 248 cm³/mol. The van der Waals surface area contributed by atoms with Gasteiger partial charge in [0.25, 0.3) is 0 Å². The highest BCUT2D eigenvalue weighted by atomic mass is 15.0. The van der Waals surface area contributed by atoms with E-state index < -0.39 is 0 Å². The Morgan fingerprint density at radius 3 is 1.76 bits per heavy atom. The van der Waals surface area contributed by atoms with E-state index in [4.69, 9.17) is 4.99 Å². The van der Waals surface area contributed by atoms with Crippen LogP contribution in [-0.2, 0) is 6.42 Å². The fourth-order valence-corrected chi connectivity index (χ4v) is 9.40. The summed E-state index contributed by atoms with van der Waals surface area (Å²) in [5.41, 5.74) is 16.2. The van der Waals surface area contributed by atoms with Crippen molar-refractivity contribution in [2.45, 2.75) is 6.42 Å². The summed E-state index contributed by atoms with van der Waals surface area (Å²) in [5, 5.41) is 7.55. The molecule has 3 heteroatoms. The Balaban J connectivity index is 0.971. The van der Waals surface area contributed by atoms with Gasteiger partial charge in [0.1, 0.15) is 0 Å². The number of hydrogen-bond donors (Lipinski definition) is 0. The minimum atomic E-state index is 0.834. The van der Waals surface area contributed by atoms with E-state index in [0.717, 1.165) is 34.6 Å². The number of para-hydroxylation sites is 2. The highest BCUT2D eigenvalue weighted by Crippen LogP contribution is 2.40. The van der Waals surface area contributed by atoms with Crippen molar-refractivity contribution in [3.05, 3.63) is 235 Å². The van der Waals surface area contributed by atoms with Gasteiger partial charge < -0.3 is 9.13 Å². The average molecular weight is 752 g/mol. The molecule has 2 aromatic heterocycles. The minimum absolute atomic E-state index is 0.834. The number of rotatable bonds is 5. The van der Waals surface area contributed by atoms with Crippen LogP contribution in [-0.4, -0.2) is 14.8 Å². The van der Waals surface area contributed by atoms with Gasteiger partial charge in [0, 0.05) is 44.0 Å². The van der Waals surface area contributed by atoms with Crippen LogP contribution in [0.4, 0.5) is 0 Å². The smallest absolute Gasteiger partial charge is 0.0784 e. The molecule has 12 rings (SSSR count). The molecule has 0 unspecified atom stereocenters. The molecule has 0 saturated carbocycles. The van der Waals surface area contributed by atoms with Crippen molar-refractivity contribution < 1.29 is 0 Å². The maximum Gasteiger partial charge on any atom is 0.0784 e. The maximum atomic E-state index is 5.32. The molecule has 3 nitrogen and oxygen atoms in total. The molecule has 0 amide bonds. The van der Waals surface area contributed by atoms with Gasteiger partial charge in [-0.1, -0.05) is 152 Å². The third kappa shape index (κ3) is 5.40. The number of benzene rings is 9. The second kappa shape index (κ2) is 13.4. The van der Waals surface area contributed by atoms with E-state index in [-0.39, 0.29) is 0 Å². The van der Waals surface area contributed by atoms with Crippen molar-refractivity contribution in [2.75, 3.05) is 0 Å². The number of fused-ring (bicyclic) bond motifs is 9. The van der Waals surface area contributed by atoms with Crippen LogP contribution in [0.15, 0.2) is 217 Å². The number of aliphatic imine (C=N–C) groups is 1. The van der Waals surface area contributed by atoms with Crippen molar-refractivity contribution in [3.8, 4) is 22.5 Å².